The molecule has 0 aliphatic carbocycles. The molecule has 0 spiro atoms. The number of para-hydroxylation sites is 1. The fourth-order valence-electron chi connectivity index (χ4n) is 0.864. The molecule has 0 unspecified atom stereocenters. The third-order valence-electron chi connectivity index (χ3n) is 1.60. The molecule has 3 nitrogen and oxygen atoms in total. The fourth-order valence-corrected chi connectivity index (χ4v) is 0.864. The van der Waals surface area contributed by atoms with Gasteiger partial charge in [-0.3, -0.25) is 4.79 Å². The summed E-state index contributed by atoms with van der Waals surface area (Å²) in [6.45, 7) is 0.0270. The Hall–Kier alpha value is -1.35. The summed E-state index contributed by atoms with van der Waals surface area (Å²) in [5.41, 5.74) is 5.95. The van der Waals surface area contributed by atoms with Gasteiger partial charge in [0.2, 0.25) is 5.91 Å². The second-order valence-corrected chi connectivity index (χ2v) is 2.40. The zero-order valence-electron chi connectivity index (χ0n) is 6.95. The first-order valence-electron chi connectivity index (χ1n) is 3.69. The van der Waals surface area contributed by atoms with Gasteiger partial charge in [0.1, 0.15) is 0 Å². The molecule has 0 bridgehead atoms. The minimum absolute atomic E-state index is 0.0270. The number of amides is 1. The van der Waals surface area contributed by atoms with E-state index in [0.717, 1.165) is 5.69 Å². The van der Waals surface area contributed by atoms with Crippen LogP contribution in [0.1, 0.15) is 0 Å². The first-order valence-corrected chi connectivity index (χ1v) is 3.69. The average Bonchev–Trinajstić information content (AvgIpc) is 2.17. The highest BCUT2D eigenvalue weighted by atomic mass is 16.2. The number of anilines is 1. The van der Waals surface area contributed by atoms with Crippen LogP contribution < -0.4 is 10.6 Å². The molecule has 1 radical (unpaired) electrons. The third-order valence-corrected chi connectivity index (χ3v) is 1.60. The molecule has 3 heteroatoms. The second-order valence-electron chi connectivity index (χ2n) is 2.40. The summed E-state index contributed by atoms with van der Waals surface area (Å²) in [7, 11) is 1.68. The molecular formula is C9H11N2O. The Bertz CT molecular complexity index is 258. The van der Waals surface area contributed by atoms with Gasteiger partial charge in [-0.15, -0.1) is 0 Å². The molecule has 1 aromatic rings. The molecule has 0 aromatic heterocycles. The molecule has 1 rings (SSSR count). The number of rotatable bonds is 2. The number of nitrogens with two attached hydrogens (primary N) is 1. The highest BCUT2D eigenvalue weighted by Gasteiger charge is 2.06. The predicted octanol–water partition coefficient (Wildman–Crippen LogP) is 0.408. The van der Waals surface area contributed by atoms with Crippen LogP contribution in [0.2, 0.25) is 0 Å². The smallest absolute Gasteiger partial charge is 0.240 e. The lowest BCUT2D eigenvalue weighted by Gasteiger charge is -2.15. The van der Waals surface area contributed by atoms with Crippen LogP contribution >= 0.6 is 0 Å². The summed E-state index contributed by atoms with van der Waals surface area (Å²) in [6, 6.07) is 10.2. The Kier molecular flexibility index (Phi) is 2.82. The molecule has 0 saturated carbocycles. The van der Waals surface area contributed by atoms with Crippen molar-refractivity contribution in [3.8, 4) is 0 Å². The molecule has 0 aliphatic heterocycles. The molecule has 63 valence electrons. The molecule has 0 atom stereocenters. The van der Waals surface area contributed by atoms with E-state index in [4.69, 9.17) is 5.73 Å². The monoisotopic (exact) mass is 163 g/mol. The van der Waals surface area contributed by atoms with Crippen molar-refractivity contribution < 1.29 is 4.79 Å². The van der Waals surface area contributed by atoms with Crippen molar-refractivity contribution in [2.75, 3.05) is 18.5 Å². The van der Waals surface area contributed by atoms with E-state index >= 15 is 0 Å². The Morgan fingerprint density at radius 2 is 2.42 bits per heavy atom. The van der Waals surface area contributed by atoms with E-state index in [-0.39, 0.29) is 12.5 Å². The first-order chi connectivity index (χ1) is 5.75. The fraction of sp³-hybridized carbons (Fsp3) is 0.222. The predicted molar refractivity (Wildman–Crippen MR) is 47.7 cm³/mol. The summed E-state index contributed by atoms with van der Waals surface area (Å²) in [6.07, 6.45) is 0. The normalized spacial score (nSPS) is 9.50. The zero-order chi connectivity index (χ0) is 8.97. The number of hydrogen-bond acceptors (Lipinski definition) is 2. The second kappa shape index (κ2) is 3.88. The molecule has 1 amide bonds. The maximum absolute atomic E-state index is 11.1. The Labute approximate surface area is 71.8 Å². The standard InChI is InChI=1S/C9H11N2O/c1-11(9(12)7-10)8-5-3-2-4-6-8/h2-5H,7,10H2,1H3. The van der Waals surface area contributed by atoms with E-state index in [0.29, 0.717) is 0 Å². The van der Waals surface area contributed by atoms with Crippen LogP contribution in [0.3, 0.4) is 0 Å². The Balaban J connectivity index is 2.78. The molecule has 0 heterocycles. The molecule has 0 fully saturated rings. The van der Waals surface area contributed by atoms with E-state index in [1.54, 1.807) is 13.1 Å². The van der Waals surface area contributed by atoms with Crippen molar-refractivity contribution in [1.29, 1.82) is 0 Å². The summed E-state index contributed by atoms with van der Waals surface area (Å²) >= 11 is 0. The molecular weight excluding hydrogens is 152 g/mol. The van der Waals surface area contributed by atoms with Gasteiger partial charge in [-0.1, -0.05) is 18.2 Å². The van der Waals surface area contributed by atoms with Crippen LogP contribution in [0.25, 0.3) is 0 Å². The molecule has 0 saturated heterocycles. The summed E-state index contributed by atoms with van der Waals surface area (Å²) in [4.78, 5) is 12.6. The van der Waals surface area contributed by atoms with Gasteiger partial charge in [0.25, 0.3) is 0 Å². The quantitative estimate of drug-likeness (QED) is 0.686. The van der Waals surface area contributed by atoms with Crippen LogP contribution in [-0.4, -0.2) is 19.5 Å². The topological polar surface area (TPSA) is 46.3 Å². The van der Waals surface area contributed by atoms with Crippen molar-refractivity contribution in [1.82, 2.24) is 0 Å². The van der Waals surface area contributed by atoms with Crippen LogP contribution in [-0.2, 0) is 4.79 Å². The van der Waals surface area contributed by atoms with Crippen molar-refractivity contribution in [2.45, 2.75) is 0 Å². The minimum Gasteiger partial charge on any atom is -0.322 e. The lowest BCUT2D eigenvalue weighted by molar-refractivity contribution is -0.117. The summed E-state index contributed by atoms with van der Waals surface area (Å²) in [5, 5.41) is 0. The van der Waals surface area contributed by atoms with Gasteiger partial charge in [-0.25, -0.2) is 0 Å². The van der Waals surface area contributed by atoms with Crippen molar-refractivity contribution in [3.05, 3.63) is 30.3 Å². The van der Waals surface area contributed by atoms with E-state index < -0.39 is 0 Å². The number of likely N-dealkylation sites (N-methyl/N-ethyl adjacent to an activating group) is 1. The van der Waals surface area contributed by atoms with Gasteiger partial charge in [-0.2, -0.15) is 0 Å². The lowest BCUT2D eigenvalue weighted by atomic mass is 10.3. The van der Waals surface area contributed by atoms with E-state index in [9.17, 15) is 4.79 Å². The van der Waals surface area contributed by atoms with Gasteiger partial charge in [0, 0.05) is 13.1 Å². The largest absolute Gasteiger partial charge is 0.322 e. The van der Waals surface area contributed by atoms with E-state index in [1.165, 1.54) is 4.90 Å². The maximum atomic E-state index is 11.1. The van der Waals surface area contributed by atoms with Gasteiger partial charge >= 0.3 is 0 Å². The number of benzene rings is 1. The Morgan fingerprint density at radius 3 is 2.92 bits per heavy atom. The maximum Gasteiger partial charge on any atom is 0.240 e. The highest BCUT2D eigenvalue weighted by Crippen LogP contribution is 2.09. The Morgan fingerprint density at radius 1 is 1.67 bits per heavy atom. The SMILES string of the molecule is CN(C(=O)CN)c1[c]cccc1. The van der Waals surface area contributed by atoms with E-state index in [1.807, 2.05) is 18.2 Å². The van der Waals surface area contributed by atoms with Gasteiger partial charge in [0.05, 0.1) is 12.2 Å². The van der Waals surface area contributed by atoms with Gasteiger partial charge in [-0.05, 0) is 6.07 Å². The molecule has 0 aliphatic rings. The summed E-state index contributed by atoms with van der Waals surface area (Å²) in [5.74, 6) is -0.113. The third kappa shape index (κ3) is 1.83. The van der Waals surface area contributed by atoms with Crippen molar-refractivity contribution >= 4 is 11.6 Å². The van der Waals surface area contributed by atoms with Crippen molar-refractivity contribution in [3.63, 3.8) is 0 Å². The zero-order valence-corrected chi connectivity index (χ0v) is 6.95. The molecule has 12 heavy (non-hydrogen) atoms. The first kappa shape index (κ1) is 8.74. The van der Waals surface area contributed by atoms with Crippen LogP contribution in [0.4, 0.5) is 5.69 Å². The minimum atomic E-state index is -0.113. The van der Waals surface area contributed by atoms with E-state index in [2.05, 4.69) is 6.07 Å². The summed E-state index contributed by atoms with van der Waals surface area (Å²) < 4.78 is 0. The van der Waals surface area contributed by atoms with Gasteiger partial charge < -0.3 is 10.6 Å². The number of carbonyl (C=O) groups is 1. The van der Waals surface area contributed by atoms with Crippen LogP contribution in [0.15, 0.2) is 24.3 Å². The lowest BCUT2D eigenvalue weighted by Crippen LogP contribution is -2.32. The number of nitrogens with zero attached hydrogens (tertiary/aromatic N) is 1. The van der Waals surface area contributed by atoms with Gasteiger partial charge in [0.15, 0.2) is 0 Å². The molecule has 1 aromatic carbocycles. The number of carbonyl (C=O) groups excluding carboxylic acids is 1. The van der Waals surface area contributed by atoms with Crippen LogP contribution in [0, 0.1) is 6.07 Å². The molecule has 2 N–H and O–H groups in total. The van der Waals surface area contributed by atoms with Crippen molar-refractivity contribution in [2.24, 2.45) is 5.73 Å². The highest BCUT2D eigenvalue weighted by molar-refractivity contribution is 5.93. The number of hydrogen-bond donors (Lipinski definition) is 1. The van der Waals surface area contributed by atoms with Crippen LogP contribution in [0.5, 0.6) is 0 Å². The average molecular weight is 163 g/mol.